The van der Waals surface area contributed by atoms with Gasteiger partial charge in [-0.15, -0.1) is 0 Å². The number of carbonyl (C=O) groups excluding carboxylic acids is 1. The van der Waals surface area contributed by atoms with Crippen LogP contribution < -0.4 is 5.32 Å². The first-order chi connectivity index (χ1) is 27.5. The molecule has 1 fully saturated rings. The Bertz CT molecular complexity index is 1120. The van der Waals surface area contributed by atoms with Crippen LogP contribution >= 0.6 is 0 Å². The van der Waals surface area contributed by atoms with Gasteiger partial charge in [0, 0.05) is 6.42 Å². The van der Waals surface area contributed by atoms with Gasteiger partial charge >= 0.3 is 10.4 Å². The quantitative estimate of drug-likeness (QED) is 0.0198. The van der Waals surface area contributed by atoms with Crippen LogP contribution in [0.5, 0.6) is 0 Å². The highest BCUT2D eigenvalue weighted by molar-refractivity contribution is 7.80. The maximum atomic E-state index is 13.0. The average Bonchev–Trinajstić information content (AvgIpc) is 3.18. The van der Waals surface area contributed by atoms with E-state index in [0.717, 1.165) is 57.8 Å². The van der Waals surface area contributed by atoms with Crippen LogP contribution in [0.2, 0.25) is 0 Å². The Morgan fingerprint density at radius 1 is 0.684 bits per heavy atom. The van der Waals surface area contributed by atoms with Crippen molar-refractivity contribution < 1.29 is 51.8 Å². The zero-order valence-electron chi connectivity index (χ0n) is 35.7. The lowest BCUT2D eigenvalue weighted by atomic mass is 9.99. The van der Waals surface area contributed by atoms with Gasteiger partial charge in [0.25, 0.3) is 0 Å². The third-order valence-electron chi connectivity index (χ3n) is 10.7. The Morgan fingerprint density at radius 3 is 1.63 bits per heavy atom. The molecule has 1 aliphatic heterocycles. The summed E-state index contributed by atoms with van der Waals surface area (Å²) in [5.41, 5.74) is 0. The van der Waals surface area contributed by atoms with Gasteiger partial charge in [-0.05, 0) is 38.5 Å². The monoisotopic (exact) mass is 834 g/mol. The number of unbranched alkanes of at least 4 members (excludes halogenated alkanes) is 24. The molecule has 0 aromatic carbocycles. The van der Waals surface area contributed by atoms with E-state index in [-0.39, 0.29) is 18.9 Å². The highest BCUT2D eigenvalue weighted by Gasteiger charge is 2.48. The molecule has 57 heavy (non-hydrogen) atoms. The van der Waals surface area contributed by atoms with Crippen molar-refractivity contribution in [3.05, 3.63) is 24.3 Å². The number of hydrogen-bond donors (Lipinski definition) is 6. The molecule has 0 aromatic rings. The van der Waals surface area contributed by atoms with E-state index in [2.05, 4.69) is 35.5 Å². The van der Waals surface area contributed by atoms with Crippen molar-refractivity contribution >= 4 is 16.3 Å². The first kappa shape index (κ1) is 53.6. The van der Waals surface area contributed by atoms with Crippen LogP contribution in [0, 0.1) is 0 Å². The summed E-state index contributed by atoms with van der Waals surface area (Å²) in [7, 11) is -5.08. The fraction of sp³-hybridized carbons (Fsp3) is 0.886. The minimum Gasteiger partial charge on any atom is -0.394 e. The fourth-order valence-corrected chi connectivity index (χ4v) is 7.65. The topological polar surface area (TPSA) is 192 Å². The zero-order valence-corrected chi connectivity index (χ0v) is 36.5. The van der Waals surface area contributed by atoms with Crippen LogP contribution in [-0.4, -0.2) is 95.4 Å². The number of aliphatic hydroxyl groups is 4. The van der Waals surface area contributed by atoms with E-state index in [1.807, 2.05) is 6.08 Å². The molecule has 0 radical (unpaired) electrons. The largest absolute Gasteiger partial charge is 0.397 e. The minimum absolute atomic E-state index is 0.259. The van der Waals surface area contributed by atoms with Crippen LogP contribution in [0.1, 0.15) is 194 Å². The smallest absolute Gasteiger partial charge is 0.394 e. The number of ether oxygens (including phenoxy) is 2. The molecule has 1 heterocycles. The highest BCUT2D eigenvalue weighted by atomic mass is 32.3. The number of amides is 1. The number of aliphatic hydroxyl groups excluding tert-OH is 4. The van der Waals surface area contributed by atoms with Crippen LogP contribution in [0.25, 0.3) is 0 Å². The van der Waals surface area contributed by atoms with Crippen molar-refractivity contribution in [1.29, 1.82) is 0 Å². The SMILES string of the molecule is CCCC/C=C\CCCCCCCC(=O)NC(COC1OC(CO)C(O)C(OS(=O)(=O)O)C1O)C(O)/C=C/CCCCCCCCCCCCCCCCCCC. The molecule has 336 valence electrons. The second-order valence-electron chi connectivity index (χ2n) is 16.0. The molecule has 1 rings (SSSR count). The van der Waals surface area contributed by atoms with E-state index < -0.39 is 59.9 Å². The van der Waals surface area contributed by atoms with E-state index in [1.165, 1.54) is 109 Å². The van der Waals surface area contributed by atoms with E-state index >= 15 is 0 Å². The van der Waals surface area contributed by atoms with Gasteiger partial charge in [0.2, 0.25) is 5.91 Å². The van der Waals surface area contributed by atoms with Crippen molar-refractivity contribution in [2.24, 2.45) is 0 Å². The number of allylic oxidation sites excluding steroid dienone is 3. The first-order valence-electron chi connectivity index (χ1n) is 22.7. The summed E-state index contributed by atoms with van der Waals surface area (Å²) < 4.78 is 47.5. The molecule has 1 amide bonds. The summed E-state index contributed by atoms with van der Waals surface area (Å²) in [5, 5.41) is 44.6. The van der Waals surface area contributed by atoms with Gasteiger partial charge in [0.1, 0.15) is 24.4 Å². The highest BCUT2D eigenvalue weighted by Crippen LogP contribution is 2.26. The minimum atomic E-state index is -5.08. The Balaban J connectivity index is 2.52. The fourth-order valence-electron chi connectivity index (χ4n) is 7.14. The average molecular weight is 834 g/mol. The second-order valence-corrected chi connectivity index (χ2v) is 17.0. The van der Waals surface area contributed by atoms with Crippen molar-refractivity contribution in [2.75, 3.05) is 13.2 Å². The lowest BCUT2D eigenvalue weighted by Gasteiger charge is -2.41. The molecule has 1 saturated heterocycles. The number of carbonyl (C=O) groups is 1. The lowest BCUT2D eigenvalue weighted by molar-refractivity contribution is -0.298. The van der Waals surface area contributed by atoms with Crippen LogP contribution in [0.3, 0.4) is 0 Å². The third kappa shape index (κ3) is 28.6. The van der Waals surface area contributed by atoms with Crippen molar-refractivity contribution in [3.63, 3.8) is 0 Å². The van der Waals surface area contributed by atoms with Gasteiger partial charge < -0.3 is 35.2 Å². The van der Waals surface area contributed by atoms with Crippen molar-refractivity contribution in [1.82, 2.24) is 5.32 Å². The molecule has 0 spiro atoms. The van der Waals surface area contributed by atoms with E-state index in [0.29, 0.717) is 6.42 Å². The van der Waals surface area contributed by atoms with E-state index in [1.54, 1.807) is 6.08 Å². The number of rotatable bonds is 38. The molecule has 0 aliphatic carbocycles. The number of nitrogens with one attached hydrogen (secondary N) is 1. The van der Waals surface area contributed by atoms with Gasteiger partial charge in [0.15, 0.2) is 6.29 Å². The number of hydrogen-bond acceptors (Lipinski definition) is 10. The summed E-state index contributed by atoms with van der Waals surface area (Å²) in [4.78, 5) is 13.0. The Labute approximate surface area is 346 Å². The molecule has 0 saturated carbocycles. The molecule has 13 heteroatoms. The maximum Gasteiger partial charge on any atom is 0.397 e. The summed E-state index contributed by atoms with van der Waals surface area (Å²) >= 11 is 0. The molecule has 1 aliphatic rings. The summed E-state index contributed by atoms with van der Waals surface area (Å²) in [5.74, 6) is -0.274. The van der Waals surface area contributed by atoms with Gasteiger partial charge in [-0.1, -0.05) is 173 Å². The molecule has 12 nitrogen and oxygen atoms in total. The summed E-state index contributed by atoms with van der Waals surface area (Å²) in [6, 6.07) is -0.944. The maximum absolute atomic E-state index is 13.0. The van der Waals surface area contributed by atoms with Crippen molar-refractivity contribution in [2.45, 2.75) is 236 Å². The van der Waals surface area contributed by atoms with Crippen LogP contribution in [-0.2, 0) is 28.9 Å². The van der Waals surface area contributed by atoms with Gasteiger partial charge in [-0.2, -0.15) is 8.42 Å². The molecule has 6 N–H and O–H groups in total. The van der Waals surface area contributed by atoms with Crippen molar-refractivity contribution in [3.8, 4) is 0 Å². The van der Waals surface area contributed by atoms with Crippen LogP contribution in [0.4, 0.5) is 0 Å². The zero-order chi connectivity index (χ0) is 42.0. The second kappa shape index (κ2) is 35.3. The molecule has 7 unspecified atom stereocenters. The molecule has 0 bridgehead atoms. The van der Waals surface area contributed by atoms with E-state index in [9.17, 15) is 33.6 Å². The third-order valence-corrected chi connectivity index (χ3v) is 11.2. The Hall–Kier alpha value is -1.42. The van der Waals surface area contributed by atoms with Gasteiger partial charge in [0.05, 0.1) is 25.4 Å². The Morgan fingerprint density at radius 2 is 1.14 bits per heavy atom. The van der Waals surface area contributed by atoms with E-state index in [4.69, 9.17) is 14.0 Å². The van der Waals surface area contributed by atoms with Gasteiger partial charge in [-0.3, -0.25) is 9.35 Å². The molecular weight excluding hydrogens is 751 g/mol. The standard InChI is InChI=1S/C44H83NO11S/c1-3-5-7-9-11-13-15-16-17-18-19-20-21-22-24-25-27-29-31-33-38(47)37(45-40(48)34-32-30-28-26-23-14-12-10-8-6-4-2)36-54-44-42(50)43(56-57(51,52)53)41(49)39(35-46)55-44/h10,12,31,33,37-39,41-44,46-47,49-50H,3-9,11,13-30,32,34-36H2,1-2H3,(H,45,48)(H,51,52,53)/b12-10-,33-31+. The summed E-state index contributed by atoms with van der Waals surface area (Å²) in [6.07, 6.45) is 30.8. The predicted octanol–water partition coefficient (Wildman–Crippen LogP) is 8.55. The molecule has 0 aromatic heterocycles. The Kier molecular flexibility index (Phi) is 33.2. The van der Waals surface area contributed by atoms with Crippen LogP contribution in [0.15, 0.2) is 24.3 Å². The summed E-state index contributed by atoms with van der Waals surface area (Å²) in [6.45, 7) is 3.33. The normalized spacial score (nSPS) is 21.4. The predicted molar refractivity (Wildman–Crippen MR) is 227 cm³/mol. The first-order valence-corrected chi connectivity index (χ1v) is 24.1. The molecule has 7 atom stereocenters. The lowest BCUT2D eigenvalue weighted by Crippen LogP contribution is -2.61. The molecular formula is C44H83NO11S. The van der Waals surface area contributed by atoms with Gasteiger partial charge in [-0.25, -0.2) is 4.18 Å².